The number of hydrogen-bond acceptors (Lipinski definition) is 4. The Morgan fingerprint density at radius 1 is 1.18 bits per heavy atom. The molecule has 1 fully saturated rings. The molecule has 1 aliphatic rings. The van der Waals surface area contributed by atoms with Gasteiger partial charge in [-0.2, -0.15) is 0 Å². The summed E-state index contributed by atoms with van der Waals surface area (Å²) in [5.74, 6) is -0.507. The number of fused-ring (bicyclic) bond motifs is 1. The van der Waals surface area contributed by atoms with E-state index in [4.69, 9.17) is 9.47 Å². The first-order chi connectivity index (χ1) is 13.4. The van der Waals surface area contributed by atoms with E-state index in [1.807, 2.05) is 43.3 Å². The van der Waals surface area contributed by atoms with Crippen LogP contribution in [0.1, 0.15) is 31.2 Å². The Balaban J connectivity index is 1.81. The molecule has 0 saturated carbocycles. The number of hydrogen-bond donors (Lipinski definition) is 1. The standard InChI is InChI=1S/C22H27NO5/c1-15(16-5-6-18-12-19(28-3)8-7-17(18)11-16)20(24)23-10-4-9-22(13-23,14-27-2)21(25)26/h5-8,11-12,15H,4,9-10,13-14H2,1-3H3,(H,25,26)/t15-,22?/m0/s1. The molecule has 28 heavy (non-hydrogen) atoms. The number of methoxy groups -OCH3 is 2. The molecule has 0 bridgehead atoms. The quantitative estimate of drug-likeness (QED) is 0.826. The molecule has 0 aromatic heterocycles. The molecule has 6 heteroatoms. The lowest BCUT2D eigenvalue weighted by molar-refractivity contribution is -0.159. The average Bonchev–Trinajstić information content (AvgIpc) is 2.72. The minimum absolute atomic E-state index is 0.0470. The number of carbonyl (C=O) groups excluding carboxylic acids is 1. The van der Waals surface area contributed by atoms with Gasteiger partial charge in [0.25, 0.3) is 0 Å². The van der Waals surface area contributed by atoms with Crippen molar-refractivity contribution in [1.29, 1.82) is 0 Å². The summed E-state index contributed by atoms with van der Waals surface area (Å²) >= 11 is 0. The summed E-state index contributed by atoms with van der Waals surface area (Å²) in [6.45, 7) is 2.75. The van der Waals surface area contributed by atoms with E-state index in [-0.39, 0.29) is 25.0 Å². The molecule has 0 radical (unpaired) electrons. The number of amides is 1. The Kier molecular flexibility index (Phi) is 5.89. The number of rotatable bonds is 6. The van der Waals surface area contributed by atoms with Gasteiger partial charge in [0.1, 0.15) is 11.2 Å². The fraction of sp³-hybridized carbons (Fsp3) is 0.455. The Morgan fingerprint density at radius 2 is 1.89 bits per heavy atom. The van der Waals surface area contributed by atoms with Crippen molar-refractivity contribution in [1.82, 2.24) is 4.90 Å². The van der Waals surface area contributed by atoms with Crippen molar-refractivity contribution in [2.45, 2.75) is 25.7 Å². The fourth-order valence-corrected chi connectivity index (χ4v) is 4.01. The number of carboxylic acid groups (broad SMARTS) is 1. The van der Waals surface area contributed by atoms with Crippen molar-refractivity contribution in [2.24, 2.45) is 5.41 Å². The predicted octanol–water partition coefficient (Wildman–Crippen LogP) is 3.29. The van der Waals surface area contributed by atoms with Crippen molar-refractivity contribution < 1.29 is 24.2 Å². The Morgan fingerprint density at radius 3 is 2.57 bits per heavy atom. The molecular weight excluding hydrogens is 358 g/mol. The van der Waals surface area contributed by atoms with Crippen LogP contribution in [0.2, 0.25) is 0 Å². The van der Waals surface area contributed by atoms with Gasteiger partial charge in [-0.25, -0.2) is 0 Å². The topological polar surface area (TPSA) is 76.1 Å². The zero-order valence-corrected chi connectivity index (χ0v) is 16.6. The number of likely N-dealkylation sites (tertiary alicyclic amines) is 1. The van der Waals surface area contributed by atoms with Crippen LogP contribution in [0.5, 0.6) is 5.75 Å². The van der Waals surface area contributed by atoms with E-state index in [1.54, 1.807) is 12.0 Å². The van der Waals surface area contributed by atoms with Gasteiger partial charge in [0.15, 0.2) is 0 Å². The lowest BCUT2D eigenvalue weighted by atomic mass is 9.80. The van der Waals surface area contributed by atoms with Gasteiger partial charge < -0.3 is 19.5 Å². The van der Waals surface area contributed by atoms with E-state index in [0.29, 0.717) is 19.4 Å². The second-order valence-corrected chi connectivity index (χ2v) is 7.58. The van der Waals surface area contributed by atoms with E-state index in [1.165, 1.54) is 7.11 Å². The van der Waals surface area contributed by atoms with E-state index in [9.17, 15) is 14.7 Å². The van der Waals surface area contributed by atoms with Gasteiger partial charge in [0.2, 0.25) is 5.91 Å². The number of carboxylic acids is 1. The van der Waals surface area contributed by atoms with Gasteiger partial charge >= 0.3 is 5.97 Å². The lowest BCUT2D eigenvalue weighted by Gasteiger charge is -2.40. The molecule has 0 aliphatic carbocycles. The lowest BCUT2D eigenvalue weighted by Crippen LogP contribution is -2.52. The van der Waals surface area contributed by atoms with Gasteiger partial charge in [-0.3, -0.25) is 9.59 Å². The maximum atomic E-state index is 13.1. The predicted molar refractivity (Wildman–Crippen MR) is 107 cm³/mol. The van der Waals surface area contributed by atoms with Gasteiger partial charge in [0, 0.05) is 20.2 Å². The van der Waals surface area contributed by atoms with Crippen LogP contribution in [-0.2, 0) is 14.3 Å². The van der Waals surface area contributed by atoms with E-state index in [2.05, 4.69) is 0 Å². The summed E-state index contributed by atoms with van der Waals surface area (Å²) in [6.07, 6.45) is 1.18. The molecule has 2 aromatic carbocycles. The molecular formula is C22H27NO5. The smallest absolute Gasteiger partial charge is 0.313 e. The van der Waals surface area contributed by atoms with Crippen molar-refractivity contribution >= 4 is 22.6 Å². The summed E-state index contributed by atoms with van der Waals surface area (Å²) in [7, 11) is 3.13. The molecule has 1 aliphatic heterocycles. The van der Waals surface area contributed by atoms with Crippen LogP contribution >= 0.6 is 0 Å². The third kappa shape index (κ3) is 3.83. The van der Waals surface area contributed by atoms with Crippen LogP contribution < -0.4 is 4.74 Å². The molecule has 2 atom stereocenters. The number of benzene rings is 2. The maximum absolute atomic E-state index is 13.1. The fourth-order valence-electron chi connectivity index (χ4n) is 4.01. The number of aliphatic carboxylic acids is 1. The summed E-state index contributed by atoms with van der Waals surface area (Å²) in [6, 6.07) is 11.8. The molecule has 150 valence electrons. The van der Waals surface area contributed by atoms with E-state index >= 15 is 0 Å². The van der Waals surface area contributed by atoms with Crippen molar-refractivity contribution in [3.8, 4) is 5.75 Å². The Labute approximate surface area is 165 Å². The molecule has 1 unspecified atom stereocenters. The SMILES string of the molecule is COCC1(C(=O)O)CCCN(C(=O)[C@@H](C)c2ccc3cc(OC)ccc3c2)C1. The second-order valence-electron chi connectivity index (χ2n) is 7.58. The zero-order valence-electron chi connectivity index (χ0n) is 16.6. The Hall–Kier alpha value is -2.60. The van der Waals surface area contributed by atoms with Gasteiger partial charge in [-0.15, -0.1) is 0 Å². The normalized spacial score (nSPS) is 20.8. The first kappa shape index (κ1) is 20.1. The molecule has 2 aromatic rings. The Bertz CT molecular complexity index is 876. The maximum Gasteiger partial charge on any atom is 0.313 e. The zero-order chi connectivity index (χ0) is 20.3. The van der Waals surface area contributed by atoms with Gasteiger partial charge in [-0.1, -0.05) is 24.3 Å². The van der Waals surface area contributed by atoms with E-state index in [0.717, 1.165) is 22.1 Å². The minimum atomic E-state index is -1.03. The van der Waals surface area contributed by atoms with Crippen LogP contribution in [0.25, 0.3) is 10.8 Å². The van der Waals surface area contributed by atoms with E-state index < -0.39 is 11.4 Å². The van der Waals surface area contributed by atoms with Crippen LogP contribution in [0.4, 0.5) is 0 Å². The molecule has 1 N–H and O–H groups in total. The number of nitrogens with zero attached hydrogens (tertiary/aromatic N) is 1. The highest BCUT2D eigenvalue weighted by Gasteiger charge is 2.44. The third-order valence-electron chi connectivity index (χ3n) is 5.70. The first-order valence-corrected chi connectivity index (χ1v) is 9.49. The number of ether oxygens (including phenoxy) is 2. The van der Waals surface area contributed by atoms with Crippen LogP contribution in [0.15, 0.2) is 36.4 Å². The highest BCUT2D eigenvalue weighted by Crippen LogP contribution is 2.33. The van der Waals surface area contributed by atoms with Crippen LogP contribution in [-0.4, -0.2) is 55.8 Å². The first-order valence-electron chi connectivity index (χ1n) is 9.49. The highest BCUT2D eigenvalue weighted by atomic mass is 16.5. The molecule has 1 amide bonds. The summed E-state index contributed by atoms with van der Waals surface area (Å²) < 4.78 is 10.4. The average molecular weight is 385 g/mol. The van der Waals surface area contributed by atoms with Crippen LogP contribution in [0, 0.1) is 5.41 Å². The monoisotopic (exact) mass is 385 g/mol. The number of carbonyl (C=O) groups is 2. The number of piperidine rings is 1. The van der Waals surface area contributed by atoms with Crippen molar-refractivity contribution in [3.05, 3.63) is 42.0 Å². The van der Waals surface area contributed by atoms with Gasteiger partial charge in [0.05, 0.1) is 19.6 Å². The summed E-state index contributed by atoms with van der Waals surface area (Å²) in [5, 5.41) is 11.8. The van der Waals surface area contributed by atoms with Crippen LogP contribution in [0.3, 0.4) is 0 Å². The largest absolute Gasteiger partial charge is 0.497 e. The van der Waals surface area contributed by atoms with Crippen molar-refractivity contribution in [2.75, 3.05) is 33.9 Å². The molecule has 1 heterocycles. The molecule has 3 rings (SSSR count). The van der Waals surface area contributed by atoms with Gasteiger partial charge in [-0.05, 0) is 48.2 Å². The minimum Gasteiger partial charge on any atom is -0.497 e. The second kappa shape index (κ2) is 8.19. The molecule has 0 spiro atoms. The summed E-state index contributed by atoms with van der Waals surface area (Å²) in [4.78, 5) is 26.6. The summed E-state index contributed by atoms with van der Waals surface area (Å²) in [5.41, 5.74) is -0.108. The third-order valence-corrected chi connectivity index (χ3v) is 5.70. The molecule has 6 nitrogen and oxygen atoms in total. The molecule has 1 saturated heterocycles. The van der Waals surface area contributed by atoms with Crippen molar-refractivity contribution in [3.63, 3.8) is 0 Å². The highest BCUT2D eigenvalue weighted by molar-refractivity contribution is 5.89.